The maximum absolute atomic E-state index is 12.2. The Morgan fingerprint density at radius 1 is 1.38 bits per heavy atom. The minimum Gasteiger partial charge on any atom is -0.497 e. The van der Waals surface area contributed by atoms with Gasteiger partial charge in [-0.05, 0) is 31.0 Å². The van der Waals surface area contributed by atoms with Gasteiger partial charge >= 0.3 is 0 Å². The number of rotatable bonds is 6. The molecule has 7 nitrogen and oxygen atoms in total. The Morgan fingerprint density at radius 2 is 2.25 bits per heavy atom. The normalized spacial score (nSPS) is 22.7. The number of hydrogen-bond acceptors (Lipinski definition) is 6. The van der Waals surface area contributed by atoms with E-state index in [-0.39, 0.29) is 12.0 Å². The van der Waals surface area contributed by atoms with Crippen molar-refractivity contribution in [3.05, 3.63) is 23.8 Å². The van der Waals surface area contributed by atoms with Crippen molar-refractivity contribution >= 4 is 11.6 Å². The molecule has 0 unspecified atom stereocenters. The molecule has 2 aliphatic rings. The van der Waals surface area contributed by atoms with Gasteiger partial charge in [-0.15, -0.1) is 0 Å². The van der Waals surface area contributed by atoms with Gasteiger partial charge in [0, 0.05) is 25.1 Å². The molecule has 0 radical (unpaired) electrons. The van der Waals surface area contributed by atoms with Crippen LogP contribution in [0.2, 0.25) is 0 Å². The Labute approximate surface area is 140 Å². The zero-order chi connectivity index (χ0) is 16.9. The summed E-state index contributed by atoms with van der Waals surface area (Å²) in [4.78, 5) is 17.5. The summed E-state index contributed by atoms with van der Waals surface area (Å²) in [6, 6.07) is 5.44. The molecule has 2 atom stereocenters. The summed E-state index contributed by atoms with van der Waals surface area (Å²) in [5.41, 5.74) is 1.44. The quantitative estimate of drug-likeness (QED) is 0.853. The topological polar surface area (TPSA) is 78.4 Å². The summed E-state index contributed by atoms with van der Waals surface area (Å²) in [5.74, 6) is 1.18. The molecule has 1 amide bonds. The van der Waals surface area contributed by atoms with E-state index in [1.807, 2.05) is 18.2 Å². The highest BCUT2D eigenvalue weighted by Gasteiger charge is 2.31. The number of nitrogens with zero attached hydrogens (tertiary/aromatic N) is 1. The van der Waals surface area contributed by atoms with Crippen LogP contribution in [0.4, 0.5) is 0 Å². The Bertz CT molecular complexity index is 625. The van der Waals surface area contributed by atoms with Crippen molar-refractivity contribution in [2.45, 2.75) is 31.5 Å². The van der Waals surface area contributed by atoms with Gasteiger partial charge in [-0.2, -0.15) is 0 Å². The Hall–Kier alpha value is -2.28. The van der Waals surface area contributed by atoms with Crippen LogP contribution in [0, 0.1) is 0 Å². The van der Waals surface area contributed by atoms with E-state index in [4.69, 9.17) is 19.0 Å². The second-order valence-corrected chi connectivity index (χ2v) is 5.78. The summed E-state index contributed by atoms with van der Waals surface area (Å²) >= 11 is 0. The lowest BCUT2D eigenvalue weighted by Crippen LogP contribution is -2.39. The molecule has 2 heterocycles. The molecule has 0 bridgehead atoms. The number of carbonyl (C=O) groups excluding carboxylic acids is 1. The number of amides is 1. The van der Waals surface area contributed by atoms with Gasteiger partial charge in [0.1, 0.15) is 11.5 Å². The van der Waals surface area contributed by atoms with Crippen LogP contribution < -0.4 is 14.8 Å². The van der Waals surface area contributed by atoms with Crippen LogP contribution >= 0.6 is 0 Å². The fourth-order valence-corrected chi connectivity index (χ4v) is 2.85. The monoisotopic (exact) mass is 334 g/mol. The number of nitrogens with one attached hydrogen (secondary N) is 1. The van der Waals surface area contributed by atoms with Gasteiger partial charge in [0.15, 0.2) is 0 Å². The minimum absolute atomic E-state index is 0.106. The lowest BCUT2D eigenvalue weighted by molar-refractivity contribution is -0.131. The van der Waals surface area contributed by atoms with Crippen LogP contribution in [0.3, 0.4) is 0 Å². The Balaban J connectivity index is 1.61. The molecule has 3 rings (SSSR count). The maximum Gasteiger partial charge on any atom is 0.264 e. The first-order valence-electron chi connectivity index (χ1n) is 8.05. The van der Waals surface area contributed by atoms with Crippen LogP contribution in [0.15, 0.2) is 23.4 Å². The minimum atomic E-state index is -0.627. The summed E-state index contributed by atoms with van der Waals surface area (Å²) in [7, 11) is 3.19. The van der Waals surface area contributed by atoms with Crippen molar-refractivity contribution in [3.8, 4) is 11.5 Å². The molecule has 1 aromatic carbocycles. The van der Waals surface area contributed by atoms with Crippen molar-refractivity contribution in [1.82, 2.24) is 5.32 Å². The first-order chi connectivity index (χ1) is 11.7. The predicted octanol–water partition coefficient (Wildman–Crippen LogP) is 1.49. The molecule has 1 fully saturated rings. The van der Waals surface area contributed by atoms with Gasteiger partial charge in [-0.3, -0.25) is 4.79 Å². The van der Waals surface area contributed by atoms with Gasteiger partial charge in [-0.25, -0.2) is 0 Å². The van der Waals surface area contributed by atoms with Crippen molar-refractivity contribution in [3.63, 3.8) is 0 Å². The molecular formula is C17H22N2O5. The third-order valence-electron chi connectivity index (χ3n) is 4.21. The van der Waals surface area contributed by atoms with Crippen molar-refractivity contribution in [1.29, 1.82) is 0 Å². The number of carbonyl (C=O) groups is 1. The smallest absolute Gasteiger partial charge is 0.264 e. The van der Waals surface area contributed by atoms with E-state index >= 15 is 0 Å². The van der Waals surface area contributed by atoms with Gasteiger partial charge in [0.2, 0.25) is 6.10 Å². The third-order valence-corrected chi connectivity index (χ3v) is 4.21. The van der Waals surface area contributed by atoms with Crippen LogP contribution in [0.25, 0.3) is 0 Å². The van der Waals surface area contributed by atoms with Crippen molar-refractivity contribution < 1.29 is 23.8 Å². The van der Waals surface area contributed by atoms with Crippen LogP contribution in [-0.4, -0.2) is 51.2 Å². The molecule has 0 saturated carbocycles. The first kappa shape index (κ1) is 16.6. The van der Waals surface area contributed by atoms with Crippen LogP contribution in [-0.2, 0) is 14.4 Å². The van der Waals surface area contributed by atoms with E-state index in [0.717, 1.165) is 25.0 Å². The number of benzene rings is 1. The summed E-state index contributed by atoms with van der Waals surface area (Å²) in [5, 5.41) is 6.93. The Kier molecular flexibility index (Phi) is 5.20. The SMILES string of the molecule is COc1ccc(OC)c(C2=NO[C@@H](C(=O)NC[C@H]3CCCO3)C2)c1. The highest BCUT2D eigenvalue weighted by molar-refractivity contribution is 6.06. The zero-order valence-corrected chi connectivity index (χ0v) is 13.9. The molecule has 1 N–H and O–H groups in total. The molecule has 2 aliphatic heterocycles. The number of methoxy groups -OCH3 is 2. The fourth-order valence-electron chi connectivity index (χ4n) is 2.85. The van der Waals surface area contributed by atoms with Crippen LogP contribution in [0.1, 0.15) is 24.8 Å². The molecule has 0 spiro atoms. The zero-order valence-electron chi connectivity index (χ0n) is 13.9. The van der Waals surface area contributed by atoms with E-state index in [0.29, 0.717) is 30.2 Å². The van der Waals surface area contributed by atoms with E-state index in [2.05, 4.69) is 10.5 Å². The van der Waals surface area contributed by atoms with Gasteiger partial charge < -0.3 is 24.4 Å². The average Bonchev–Trinajstić information content (AvgIpc) is 3.30. The molecule has 7 heteroatoms. The van der Waals surface area contributed by atoms with Gasteiger partial charge in [0.25, 0.3) is 5.91 Å². The highest BCUT2D eigenvalue weighted by atomic mass is 16.6. The summed E-state index contributed by atoms with van der Waals surface area (Å²) in [6.07, 6.45) is 1.89. The largest absolute Gasteiger partial charge is 0.497 e. The number of ether oxygens (including phenoxy) is 3. The number of hydrogen-bond donors (Lipinski definition) is 1. The fraction of sp³-hybridized carbons (Fsp3) is 0.529. The Morgan fingerprint density at radius 3 is 2.96 bits per heavy atom. The van der Waals surface area contributed by atoms with E-state index in [1.54, 1.807) is 14.2 Å². The molecule has 0 aromatic heterocycles. The van der Waals surface area contributed by atoms with Gasteiger partial charge in [0.05, 0.1) is 26.0 Å². The standard InChI is InChI=1S/C17H22N2O5/c1-21-11-5-6-15(22-2)13(8-11)14-9-16(24-19-14)17(20)18-10-12-4-3-7-23-12/h5-6,8,12,16H,3-4,7,9-10H2,1-2H3,(H,18,20)/t12-,16-/m1/s1. The maximum atomic E-state index is 12.2. The molecule has 1 aromatic rings. The van der Waals surface area contributed by atoms with Crippen molar-refractivity contribution in [2.75, 3.05) is 27.4 Å². The van der Waals surface area contributed by atoms with E-state index < -0.39 is 6.10 Å². The lowest BCUT2D eigenvalue weighted by atomic mass is 10.0. The van der Waals surface area contributed by atoms with Crippen LogP contribution in [0.5, 0.6) is 11.5 Å². The molecule has 130 valence electrons. The van der Waals surface area contributed by atoms with E-state index in [9.17, 15) is 4.79 Å². The van der Waals surface area contributed by atoms with E-state index in [1.165, 1.54) is 0 Å². The molecular weight excluding hydrogens is 312 g/mol. The van der Waals surface area contributed by atoms with Gasteiger partial charge in [-0.1, -0.05) is 5.16 Å². The number of oxime groups is 1. The second kappa shape index (κ2) is 7.53. The lowest BCUT2D eigenvalue weighted by Gasteiger charge is -2.13. The summed E-state index contributed by atoms with van der Waals surface area (Å²) < 4.78 is 16.1. The second-order valence-electron chi connectivity index (χ2n) is 5.78. The average molecular weight is 334 g/mol. The highest BCUT2D eigenvalue weighted by Crippen LogP contribution is 2.28. The summed E-state index contributed by atoms with van der Waals surface area (Å²) in [6.45, 7) is 1.28. The van der Waals surface area contributed by atoms with Crippen molar-refractivity contribution in [2.24, 2.45) is 5.16 Å². The first-order valence-corrected chi connectivity index (χ1v) is 8.05. The third kappa shape index (κ3) is 3.62. The molecule has 1 saturated heterocycles. The molecule has 24 heavy (non-hydrogen) atoms. The predicted molar refractivity (Wildman–Crippen MR) is 87.6 cm³/mol. The molecule has 0 aliphatic carbocycles.